The molecule has 3 N–H and O–H groups in total. The molecule has 0 fully saturated rings. The fourth-order valence-electron chi connectivity index (χ4n) is 1.88. The van der Waals surface area contributed by atoms with Crippen LogP contribution in [0.3, 0.4) is 0 Å². The Balaban J connectivity index is 2.31. The van der Waals surface area contributed by atoms with Crippen molar-refractivity contribution in [2.24, 2.45) is 5.73 Å². The van der Waals surface area contributed by atoms with Crippen molar-refractivity contribution in [3.8, 4) is 11.8 Å². The first-order valence-corrected chi connectivity index (χ1v) is 7.89. The summed E-state index contributed by atoms with van der Waals surface area (Å²) in [6.45, 7) is 2.02. The second-order valence-electron chi connectivity index (χ2n) is 4.46. The van der Waals surface area contributed by atoms with Crippen molar-refractivity contribution in [2.45, 2.75) is 11.8 Å². The molecule has 21 heavy (non-hydrogen) atoms. The number of aryl methyl sites for hydroxylation is 1. The van der Waals surface area contributed by atoms with E-state index in [0.29, 0.717) is 16.8 Å². The molecular weight excluding hydrogens is 284 g/mol. The Hall–Kier alpha value is -2.29. The van der Waals surface area contributed by atoms with Crippen LogP contribution in [0.25, 0.3) is 0 Å². The maximum absolute atomic E-state index is 12.4. The molecule has 0 amide bonds. The smallest absolute Gasteiger partial charge is 0.262 e. The SMILES string of the molecule is Cc1ccccc1S(=O)(=O)Nc1cccc(C#CCN)c1. The van der Waals surface area contributed by atoms with E-state index in [2.05, 4.69) is 16.6 Å². The zero-order chi connectivity index (χ0) is 15.3. The van der Waals surface area contributed by atoms with E-state index in [-0.39, 0.29) is 11.4 Å². The summed E-state index contributed by atoms with van der Waals surface area (Å²) in [6, 6.07) is 13.8. The van der Waals surface area contributed by atoms with Crippen LogP contribution in [-0.4, -0.2) is 15.0 Å². The lowest BCUT2D eigenvalue weighted by Gasteiger charge is -2.10. The summed E-state index contributed by atoms with van der Waals surface area (Å²) in [4.78, 5) is 0.267. The summed E-state index contributed by atoms with van der Waals surface area (Å²) in [5, 5.41) is 0. The summed E-state index contributed by atoms with van der Waals surface area (Å²) in [5.41, 5.74) is 7.21. The lowest BCUT2D eigenvalue weighted by Crippen LogP contribution is -2.14. The van der Waals surface area contributed by atoms with E-state index >= 15 is 0 Å². The summed E-state index contributed by atoms with van der Waals surface area (Å²) in [6.07, 6.45) is 0. The molecule has 2 aromatic rings. The highest BCUT2D eigenvalue weighted by molar-refractivity contribution is 7.92. The summed E-state index contributed by atoms with van der Waals surface area (Å²) in [5.74, 6) is 5.61. The zero-order valence-electron chi connectivity index (χ0n) is 11.6. The van der Waals surface area contributed by atoms with Gasteiger partial charge in [-0.2, -0.15) is 0 Å². The zero-order valence-corrected chi connectivity index (χ0v) is 12.4. The maximum atomic E-state index is 12.4. The van der Waals surface area contributed by atoms with Gasteiger partial charge in [0.25, 0.3) is 10.0 Å². The average molecular weight is 300 g/mol. The first-order chi connectivity index (χ1) is 10.0. The highest BCUT2D eigenvalue weighted by Crippen LogP contribution is 2.19. The Morgan fingerprint density at radius 1 is 1.14 bits per heavy atom. The molecule has 5 heteroatoms. The molecule has 0 aliphatic heterocycles. The molecule has 0 spiro atoms. The number of nitrogens with two attached hydrogens (primary N) is 1. The molecule has 0 aliphatic carbocycles. The lowest BCUT2D eigenvalue weighted by atomic mass is 10.2. The third-order valence-electron chi connectivity index (χ3n) is 2.83. The molecule has 108 valence electrons. The molecule has 0 atom stereocenters. The van der Waals surface area contributed by atoms with E-state index in [0.717, 1.165) is 0 Å². The Bertz CT molecular complexity index is 802. The van der Waals surface area contributed by atoms with E-state index in [1.165, 1.54) is 0 Å². The summed E-state index contributed by atoms with van der Waals surface area (Å²) in [7, 11) is -3.60. The van der Waals surface area contributed by atoms with Crippen molar-refractivity contribution in [2.75, 3.05) is 11.3 Å². The standard InChI is InChI=1S/C16H16N2O2S/c1-13-6-2-3-10-16(13)21(19,20)18-15-9-4-7-14(12-15)8-5-11-17/h2-4,6-7,9-10,12,18H,11,17H2,1H3. The van der Waals surface area contributed by atoms with Crippen molar-refractivity contribution in [1.29, 1.82) is 0 Å². The molecular formula is C16H16N2O2S. The first-order valence-electron chi connectivity index (χ1n) is 6.40. The van der Waals surface area contributed by atoms with Gasteiger partial charge in [0, 0.05) is 5.56 Å². The van der Waals surface area contributed by atoms with Crippen LogP contribution in [0.15, 0.2) is 53.4 Å². The molecule has 2 aromatic carbocycles. The van der Waals surface area contributed by atoms with Crippen LogP contribution < -0.4 is 10.5 Å². The van der Waals surface area contributed by atoms with Crippen LogP contribution in [-0.2, 0) is 10.0 Å². The first kappa shape index (κ1) is 15.1. The van der Waals surface area contributed by atoms with Crippen LogP contribution in [0, 0.1) is 18.8 Å². The normalized spacial score (nSPS) is 10.6. The van der Waals surface area contributed by atoms with Gasteiger partial charge >= 0.3 is 0 Å². The number of nitrogens with one attached hydrogen (secondary N) is 1. The molecule has 0 aliphatic rings. The Labute approximate surface area is 125 Å². The highest BCUT2D eigenvalue weighted by Gasteiger charge is 2.16. The van der Waals surface area contributed by atoms with Crippen molar-refractivity contribution < 1.29 is 8.42 Å². The van der Waals surface area contributed by atoms with E-state index in [1.807, 2.05) is 0 Å². The Kier molecular flexibility index (Phi) is 4.63. The van der Waals surface area contributed by atoms with Gasteiger partial charge < -0.3 is 5.73 Å². The van der Waals surface area contributed by atoms with Crippen molar-refractivity contribution in [1.82, 2.24) is 0 Å². The summed E-state index contributed by atoms with van der Waals surface area (Å²) < 4.78 is 27.3. The lowest BCUT2D eigenvalue weighted by molar-refractivity contribution is 0.600. The van der Waals surface area contributed by atoms with Crippen LogP contribution in [0.2, 0.25) is 0 Å². The van der Waals surface area contributed by atoms with E-state index in [9.17, 15) is 8.42 Å². The number of anilines is 1. The van der Waals surface area contributed by atoms with E-state index in [1.54, 1.807) is 55.5 Å². The van der Waals surface area contributed by atoms with Crippen LogP contribution in [0.4, 0.5) is 5.69 Å². The van der Waals surface area contributed by atoms with Gasteiger partial charge in [0.15, 0.2) is 0 Å². The van der Waals surface area contributed by atoms with Gasteiger partial charge in [-0.15, -0.1) is 0 Å². The molecule has 0 unspecified atom stereocenters. The molecule has 0 saturated heterocycles. The van der Waals surface area contributed by atoms with Gasteiger partial charge in [-0.25, -0.2) is 8.42 Å². The predicted octanol–water partition coefficient (Wildman–Crippen LogP) is 2.11. The second kappa shape index (κ2) is 6.44. The fourth-order valence-corrected chi connectivity index (χ4v) is 3.18. The topological polar surface area (TPSA) is 72.2 Å². The van der Waals surface area contributed by atoms with E-state index < -0.39 is 10.0 Å². The van der Waals surface area contributed by atoms with E-state index in [4.69, 9.17) is 5.73 Å². The third-order valence-corrected chi connectivity index (χ3v) is 4.37. The number of sulfonamides is 1. The molecule has 0 aromatic heterocycles. The monoisotopic (exact) mass is 300 g/mol. The van der Waals surface area contributed by atoms with Crippen molar-refractivity contribution in [3.05, 3.63) is 59.7 Å². The third kappa shape index (κ3) is 3.85. The van der Waals surface area contributed by atoms with Gasteiger partial charge in [0.2, 0.25) is 0 Å². The average Bonchev–Trinajstić information content (AvgIpc) is 2.45. The Morgan fingerprint density at radius 3 is 2.62 bits per heavy atom. The molecule has 0 bridgehead atoms. The molecule has 0 radical (unpaired) electrons. The minimum absolute atomic E-state index is 0.263. The van der Waals surface area contributed by atoms with Gasteiger partial charge in [-0.3, -0.25) is 4.72 Å². The number of hydrogen-bond acceptors (Lipinski definition) is 3. The van der Waals surface area contributed by atoms with Crippen LogP contribution >= 0.6 is 0 Å². The number of hydrogen-bond donors (Lipinski definition) is 2. The second-order valence-corrected chi connectivity index (χ2v) is 6.11. The van der Waals surface area contributed by atoms with Gasteiger partial charge in [-0.05, 0) is 36.8 Å². The highest BCUT2D eigenvalue weighted by atomic mass is 32.2. The largest absolute Gasteiger partial charge is 0.320 e. The molecule has 2 rings (SSSR count). The van der Waals surface area contributed by atoms with Crippen molar-refractivity contribution in [3.63, 3.8) is 0 Å². The maximum Gasteiger partial charge on any atom is 0.262 e. The van der Waals surface area contributed by atoms with Crippen LogP contribution in [0.5, 0.6) is 0 Å². The van der Waals surface area contributed by atoms with Crippen molar-refractivity contribution >= 4 is 15.7 Å². The fraction of sp³-hybridized carbons (Fsp3) is 0.125. The van der Waals surface area contributed by atoms with Crippen LogP contribution in [0.1, 0.15) is 11.1 Å². The van der Waals surface area contributed by atoms with Gasteiger partial charge in [0.05, 0.1) is 17.1 Å². The van der Waals surface area contributed by atoms with Gasteiger partial charge in [0.1, 0.15) is 0 Å². The minimum Gasteiger partial charge on any atom is -0.320 e. The molecule has 0 heterocycles. The number of benzene rings is 2. The molecule has 0 saturated carbocycles. The predicted molar refractivity (Wildman–Crippen MR) is 84.4 cm³/mol. The Morgan fingerprint density at radius 2 is 1.90 bits per heavy atom. The number of rotatable bonds is 3. The molecule has 4 nitrogen and oxygen atoms in total. The summed E-state index contributed by atoms with van der Waals surface area (Å²) >= 11 is 0. The van der Waals surface area contributed by atoms with Gasteiger partial charge in [-0.1, -0.05) is 36.1 Å². The minimum atomic E-state index is -3.60. The quantitative estimate of drug-likeness (QED) is 0.853.